The normalized spacial score (nSPS) is 12.2. The number of alkyl halides is 3. The second-order valence-corrected chi connectivity index (χ2v) is 10.6. The third kappa shape index (κ3) is 7.03. The van der Waals surface area contributed by atoms with E-state index in [0.29, 0.717) is 27.0 Å². The van der Waals surface area contributed by atoms with E-state index < -0.39 is 34.5 Å². The number of hydrogen-bond donors (Lipinski definition) is 2. The molecule has 2 N–H and O–H groups in total. The highest BCUT2D eigenvalue weighted by molar-refractivity contribution is 9.10. The molecule has 0 aliphatic rings. The van der Waals surface area contributed by atoms with Gasteiger partial charge in [0.2, 0.25) is 5.91 Å². The first-order valence-electron chi connectivity index (χ1n) is 12.0. The lowest BCUT2D eigenvalue weighted by atomic mass is 10.2. The number of quaternary nitrogens is 1. The smallest absolute Gasteiger partial charge is 0.358 e. The van der Waals surface area contributed by atoms with Gasteiger partial charge in [-0.25, -0.2) is 19.3 Å². The number of hydrogen-bond acceptors (Lipinski definition) is 8. The van der Waals surface area contributed by atoms with Crippen LogP contribution < -0.4 is 10.6 Å². The zero-order chi connectivity index (χ0) is 30.8. The highest BCUT2D eigenvalue weighted by Crippen LogP contribution is 2.33. The predicted molar refractivity (Wildman–Crippen MR) is 148 cm³/mol. The van der Waals surface area contributed by atoms with E-state index in [1.807, 2.05) is 0 Å². The van der Waals surface area contributed by atoms with E-state index in [1.54, 1.807) is 26.2 Å². The summed E-state index contributed by atoms with van der Waals surface area (Å²) in [6.07, 6.45) is 0.631. The summed E-state index contributed by atoms with van der Waals surface area (Å²) in [7, 11) is 4.36. The van der Waals surface area contributed by atoms with Gasteiger partial charge in [0.25, 0.3) is 0 Å². The Morgan fingerprint density at radius 1 is 1.21 bits per heavy atom. The maximum Gasteiger partial charge on any atom is 0.475 e. The van der Waals surface area contributed by atoms with Crippen molar-refractivity contribution in [2.75, 3.05) is 31.3 Å². The summed E-state index contributed by atoms with van der Waals surface area (Å²) in [5.74, 6) is -2.62. The molecule has 0 fully saturated rings. The first-order valence-corrected chi connectivity index (χ1v) is 12.8. The fourth-order valence-corrected chi connectivity index (χ4v) is 4.39. The Hall–Kier alpha value is -4.51. The van der Waals surface area contributed by atoms with Gasteiger partial charge in [0.1, 0.15) is 30.3 Å². The third-order valence-corrected chi connectivity index (χ3v) is 6.63. The molecule has 1 aromatic carbocycles. The molecule has 0 unspecified atom stereocenters. The van der Waals surface area contributed by atoms with Crippen LogP contribution in [0.15, 0.2) is 53.4 Å². The summed E-state index contributed by atoms with van der Waals surface area (Å²) in [5.41, 5.74) is 0.842. The number of likely N-dealkylation sites (N-methyl/N-ethyl adjacent to an activating group) is 1. The van der Waals surface area contributed by atoms with Crippen LogP contribution in [-0.4, -0.2) is 60.5 Å². The van der Waals surface area contributed by atoms with Crippen LogP contribution in [0.1, 0.15) is 11.5 Å². The van der Waals surface area contributed by atoms with Crippen LogP contribution in [0.3, 0.4) is 0 Å². The van der Waals surface area contributed by atoms with Gasteiger partial charge in [-0.15, -0.1) is 0 Å². The predicted octanol–water partition coefficient (Wildman–Crippen LogP) is 5.10. The van der Waals surface area contributed by atoms with E-state index in [4.69, 9.17) is 0 Å². The minimum Gasteiger partial charge on any atom is -0.358 e. The van der Waals surface area contributed by atoms with Crippen LogP contribution in [-0.2, 0) is 24.6 Å². The van der Waals surface area contributed by atoms with Gasteiger partial charge in [0, 0.05) is 24.2 Å². The molecular weight excluding hydrogens is 630 g/mol. The monoisotopic (exact) mass is 652 g/mol. The van der Waals surface area contributed by atoms with E-state index in [2.05, 4.69) is 46.5 Å². The maximum atomic E-state index is 13.6. The maximum absolute atomic E-state index is 13.6. The number of amides is 1. The summed E-state index contributed by atoms with van der Waals surface area (Å²) < 4.78 is 54.3. The Morgan fingerprint density at radius 2 is 1.95 bits per heavy atom. The SMILES string of the molecule is Cn1c(C(F)(F)F)nc([N+](=O)[O-])c1C[N+](C)(C)C/C=C/C(=O)Nc1cc2c(Nc3ccc(F)c(Br)c3)ncnc2cn1. The molecule has 0 saturated heterocycles. The first-order chi connectivity index (χ1) is 19.6. The number of imidazole rings is 1. The number of nitrogens with zero attached hydrogens (tertiary/aromatic N) is 7. The van der Waals surface area contributed by atoms with Crippen molar-refractivity contribution in [3.8, 4) is 0 Å². The van der Waals surface area contributed by atoms with Gasteiger partial charge in [-0.05, 0) is 56.2 Å². The second-order valence-electron chi connectivity index (χ2n) is 9.75. The lowest BCUT2D eigenvalue weighted by Gasteiger charge is -2.28. The molecule has 4 aromatic rings. The number of aromatic nitrogens is 5. The number of benzene rings is 1. The molecule has 3 heterocycles. The number of pyridine rings is 1. The highest BCUT2D eigenvalue weighted by atomic mass is 79.9. The number of halogens is 5. The minimum atomic E-state index is -4.86. The molecule has 3 aromatic heterocycles. The van der Waals surface area contributed by atoms with Crippen LogP contribution in [0.4, 0.5) is 40.7 Å². The molecule has 0 aliphatic heterocycles. The Kier molecular flexibility index (Phi) is 8.53. The molecule has 0 radical (unpaired) electrons. The average Bonchev–Trinajstić information content (AvgIpc) is 3.22. The van der Waals surface area contributed by atoms with E-state index in [0.717, 1.165) is 7.05 Å². The Morgan fingerprint density at radius 3 is 2.62 bits per heavy atom. The van der Waals surface area contributed by atoms with E-state index in [-0.39, 0.29) is 33.6 Å². The fourth-order valence-electron chi connectivity index (χ4n) is 4.01. The molecule has 17 heteroatoms. The lowest BCUT2D eigenvalue weighted by molar-refractivity contribution is -0.898. The Bertz CT molecular complexity index is 1710. The van der Waals surface area contributed by atoms with Gasteiger partial charge in [0.05, 0.1) is 36.8 Å². The van der Waals surface area contributed by atoms with Crippen LogP contribution in [0.25, 0.3) is 10.9 Å². The van der Waals surface area contributed by atoms with Crippen LogP contribution in [0, 0.1) is 15.9 Å². The number of nitrogens with one attached hydrogen (secondary N) is 2. The summed E-state index contributed by atoms with van der Waals surface area (Å²) >= 11 is 3.13. The quantitative estimate of drug-likeness (QED) is 0.0836. The van der Waals surface area contributed by atoms with Gasteiger partial charge in [-0.3, -0.25) is 9.36 Å². The molecule has 42 heavy (non-hydrogen) atoms. The van der Waals surface area contributed by atoms with Crippen molar-refractivity contribution in [1.29, 1.82) is 0 Å². The summed E-state index contributed by atoms with van der Waals surface area (Å²) in [4.78, 5) is 38.7. The van der Waals surface area contributed by atoms with Gasteiger partial charge >= 0.3 is 17.8 Å². The largest absolute Gasteiger partial charge is 0.475 e. The molecule has 0 bridgehead atoms. The van der Waals surface area contributed by atoms with Crippen LogP contribution in [0.2, 0.25) is 0 Å². The molecule has 1 amide bonds. The van der Waals surface area contributed by atoms with E-state index in [9.17, 15) is 32.5 Å². The second kappa shape index (κ2) is 11.8. The zero-order valence-electron chi connectivity index (χ0n) is 22.3. The molecule has 12 nitrogen and oxygen atoms in total. The molecule has 0 atom stereocenters. The summed E-state index contributed by atoms with van der Waals surface area (Å²) in [6, 6.07) is 5.92. The number of carbonyl (C=O) groups is 1. The number of anilines is 3. The van der Waals surface area contributed by atoms with Crippen molar-refractivity contribution in [2.45, 2.75) is 12.7 Å². The van der Waals surface area contributed by atoms with Crippen molar-refractivity contribution >= 4 is 55.9 Å². The summed E-state index contributed by atoms with van der Waals surface area (Å²) in [6.45, 7) is -0.00806. The van der Waals surface area contributed by atoms with Crippen molar-refractivity contribution in [3.05, 3.63) is 80.9 Å². The standard InChI is InChI=1S/C25H22BrF4N9O3/c1-37-19(23(38(41)42)36-24(37)25(28,29)30)12-39(2,3)8-4-5-21(40)35-20-10-15-18(11-31-20)32-13-33-22(15)34-14-6-7-17(27)16(26)9-14/h4-7,9-11,13H,8,12H2,1-3H3,(H-,31,32,33,34,35,40)/p+1/b5-4+. The topological polar surface area (TPSA) is 141 Å². The van der Waals surface area contributed by atoms with E-state index >= 15 is 0 Å². The van der Waals surface area contributed by atoms with Crippen molar-refractivity contribution < 1.29 is 31.8 Å². The lowest BCUT2D eigenvalue weighted by Crippen LogP contribution is -2.39. The van der Waals surface area contributed by atoms with Crippen LogP contribution in [0.5, 0.6) is 0 Å². The minimum absolute atomic E-state index is 0.0124. The molecule has 220 valence electrons. The van der Waals surface area contributed by atoms with Gasteiger partial charge in [0.15, 0.2) is 5.69 Å². The van der Waals surface area contributed by atoms with Crippen LogP contribution >= 0.6 is 15.9 Å². The average molecular weight is 653 g/mol. The third-order valence-electron chi connectivity index (χ3n) is 6.02. The van der Waals surface area contributed by atoms with Gasteiger partial charge in [-0.1, -0.05) is 0 Å². The van der Waals surface area contributed by atoms with Crippen molar-refractivity contribution in [2.24, 2.45) is 7.05 Å². The molecule has 0 saturated carbocycles. The number of fused-ring (bicyclic) bond motifs is 1. The highest BCUT2D eigenvalue weighted by Gasteiger charge is 2.45. The number of carbonyl (C=O) groups excluding carboxylic acids is 1. The zero-order valence-corrected chi connectivity index (χ0v) is 23.9. The first kappa shape index (κ1) is 30.4. The van der Waals surface area contributed by atoms with Crippen molar-refractivity contribution in [1.82, 2.24) is 24.5 Å². The molecule has 0 spiro atoms. The number of nitro groups is 1. The van der Waals surface area contributed by atoms with Gasteiger partial charge < -0.3 is 25.2 Å². The van der Waals surface area contributed by atoms with Crippen molar-refractivity contribution in [3.63, 3.8) is 0 Å². The summed E-state index contributed by atoms with van der Waals surface area (Å²) in [5, 5.41) is 17.6. The Labute approximate surface area is 244 Å². The molecule has 4 rings (SSSR count). The van der Waals surface area contributed by atoms with E-state index in [1.165, 1.54) is 36.8 Å². The molecule has 0 aliphatic carbocycles. The molecular formula is C25H23BrF4N9O3+. The Balaban J connectivity index is 1.45. The fraction of sp³-hybridized carbons (Fsp3) is 0.240. The van der Waals surface area contributed by atoms with Gasteiger partial charge in [-0.2, -0.15) is 13.2 Å². The number of rotatable bonds is 9.